The van der Waals surface area contributed by atoms with Gasteiger partial charge in [-0.25, -0.2) is 0 Å². The predicted octanol–water partition coefficient (Wildman–Crippen LogP) is 4.46. The fourth-order valence-corrected chi connectivity index (χ4v) is 3.33. The predicted molar refractivity (Wildman–Crippen MR) is 87.0 cm³/mol. The van der Waals surface area contributed by atoms with Crippen LogP contribution in [-0.2, 0) is 0 Å². The Morgan fingerprint density at radius 2 is 2.16 bits per heavy atom. The maximum absolute atomic E-state index is 10.8. The van der Waals surface area contributed by atoms with Gasteiger partial charge in [-0.05, 0) is 53.1 Å². The lowest BCUT2D eigenvalue weighted by molar-refractivity contribution is -0.385. The third-order valence-electron chi connectivity index (χ3n) is 3.07. The second-order valence-electron chi connectivity index (χ2n) is 4.20. The van der Waals surface area contributed by atoms with Gasteiger partial charge in [0.1, 0.15) is 0 Å². The summed E-state index contributed by atoms with van der Waals surface area (Å²) in [5.41, 5.74) is 1.14. The number of nitro groups is 1. The molecular weight excluding hydrogens is 375 g/mol. The monoisotopic (exact) mass is 388 g/mol. The number of nitro benzene ring substituents is 1. The minimum atomic E-state index is -0.353. The fourth-order valence-electron chi connectivity index (χ4n) is 1.81. The summed E-state index contributed by atoms with van der Waals surface area (Å²) < 4.78 is 0.658. The van der Waals surface area contributed by atoms with E-state index >= 15 is 0 Å². The number of hydrogen-bond donors (Lipinski definition) is 0. The Balaban J connectivity index is 2.27. The number of halogens is 1. The molecule has 0 aliphatic heterocycles. The zero-order valence-electron chi connectivity index (χ0n) is 10.5. The van der Waals surface area contributed by atoms with Gasteiger partial charge in [0.15, 0.2) is 0 Å². The molecule has 0 spiro atoms. The normalized spacial score (nSPS) is 12.2. The number of anilines is 1. The largest absolute Gasteiger partial charge is 0.367 e. The number of rotatable bonds is 4. The first-order chi connectivity index (χ1) is 9.00. The molecule has 0 N–H and O–H groups in total. The molecule has 100 valence electrons. The first-order valence-electron chi connectivity index (χ1n) is 5.71. The molecule has 0 aliphatic carbocycles. The highest BCUT2D eigenvalue weighted by Crippen LogP contribution is 2.31. The maximum atomic E-state index is 10.8. The third kappa shape index (κ3) is 3.06. The van der Waals surface area contributed by atoms with Gasteiger partial charge in [-0.2, -0.15) is 0 Å². The number of nitrogens with zero attached hydrogens (tertiary/aromatic N) is 2. The quantitative estimate of drug-likeness (QED) is 0.442. The van der Waals surface area contributed by atoms with Gasteiger partial charge >= 0.3 is 0 Å². The van der Waals surface area contributed by atoms with E-state index < -0.39 is 0 Å². The number of benzene rings is 1. The Bertz CT molecular complexity index is 586. The lowest BCUT2D eigenvalue weighted by atomic mass is 10.2. The highest BCUT2D eigenvalue weighted by Gasteiger charge is 2.17. The van der Waals surface area contributed by atoms with Crippen LogP contribution in [0.5, 0.6) is 0 Å². The second-order valence-corrected chi connectivity index (χ2v) is 6.34. The van der Waals surface area contributed by atoms with Gasteiger partial charge in [-0.3, -0.25) is 10.1 Å². The summed E-state index contributed by atoms with van der Waals surface area (Å²) in [7, 11) is 2.00. The minimum Gasteiger partial charge on any atom is -0.367 e. The topological polar surface area (TPSA) is 46.4 Å². The SMILES string of the molecule is CC(c1cccs1)N(C)c1ccc([N+](=O)[O-])c(I)c1. The minimum absolute atomic E-state index is 0.154. The van der Waals surface area contributed by atoms with Gasteiger partial charge in [0.2, 0.25) is 0 Å². The smallest absolute Gasteiger partial charge is 0.282 e. The maximum Gasteiger partial charge on any atom is 0.282 e. The van der Waals surface area contributed by atoms with Crippen LogP contribution in [-0.4, -0.2) is 12.0 Å². The second kappa shape index (κ2) is 5.87. The van der Waals surface area contributed by atoms with Crippen molar-refractivity contribution in [1.29, 1.82) is 0 Å². The molecule has 0 saturated carbocycles. The third-order valence-corrected chi connectivity index (χ3v) is 4.98. The first kappa shape index (κ1) is 14.3. The lowest BCUT2D eigenvalue weighted by Gasteiger charge is -2.26. The van der Waals surface area contributed by atoms with Crippen molar-refractivity contribution in [2.45, 2.75) is 13.0 Å². The van der Waals surface area contributed by atoms with E-state index in [4.69, 9.17) is 0 Å². The van der Waals surface area contributed by atoms with Crippen LogP contribution >= 0.6 is 33.9 Å². The zero-order chi connectivity index (χ0) is 14.0. The van der Waals surface area contributed by atoms with Crippen LogP contribution in [0, 0.1) is 13.7 Å². The highest BCUT2D eigenvalue weighted by atomic mass is 127. The zero-order valence-corrected chi connectivity index (χ0v) is 13.5. The van der Waals surface area contributed by atoms with Gasteiger partial charge in [0.25, 0.3) is 5.69 Å². The molecule has 1 aromatic heterocycles. The van der Waals surface area contributed by atoms with Crippen LogP contribution in [0.2, 0.25) is 0 Å². The van der Waals surface area contributed by atoms with E-state index in [1.807, 2.05) is 41.8 Å². The van der Waals surface area contributed by atoms with Crippen molar-refractivity contribution in [3.05, 3.63) is 54.3 Å². The van der Waals surface area contributed by atoms with Gasteiger partial charge in [0.05, 0.1) is 14.5 Å². The lowest BCUT2D eigenvalue weighted by Crippen LogP contribution is -2.20. The van der Waals surface area contributed by atoms with Crippen LogP contribution in [0.1, 0.15) is 17.8 Å². The van der Waals surface area contributed by atoms with Crippen molar-refractivity contribution >= 4 is 45.3 Å². The van der Waals surface area contributed by atoms with E-state index in [1.165, 1.54) is 4.88 Å². The molecule has 0 amide bonds. The van der Waals surface area contributed by atoms with E-state index in [0.29, 0.717) is 3.57 Å². The average Bonchev–Trinajstić information content (AvgIpc) is 2.90. The molecule has 0 radical (unpaired) electrons. The Hall–Kier alpha value is -1.15. The van der Waals surface area contributed by atoms with Crippen LogP contribution in [0.4, 0.5) is 11.4 Å². The summed E-state index contributed by atoms with van der Waals surface area (Å²) in [6.07, 6.45) is 0. The molecule has 1 aromatic carbocycles. The van der Waals surface area contributed by atoms with Crippen molar-refractivity contribution in [1.82, 2.24) is 0 Å². The van der Waals surface area contributed by atoms with Gasteiger partial charge in [-0.15, -0.1) is 11.3 Å². The summed E-state index contributed by atoms with van der Waals surface area (Å²) >= 11 is 3.72. The molecule has 0 fully saturated rings. The molecule has 4 nitrogen and oxygen atoms in total. The molecule has 2 rings (SSSR count). The van der Waals surface area contributed by atoms with Crippen molar-refractivity contribution in [3.63, 3.8) is 0 Å². The average molecular weight is 388 g/mol. The molecule has 1 heterocycles. The van der Waals surface area contributed by atoms with E-state index in [2.05, 4.69) is 23.3 Å². The van der Waals surface area contributed by atoms with Crippen molar-refractivity contribution in [2.24, 2.45) is 0 Å². The van der Waals surface area contributed by atoms with Crippen molar-refractivity contribution in [2.75, 3.05) is 11.9 Å². The molecule has 6 heteroatoms. The Kier molecular flexibility index (Phi) is 4.41. The molecular formula is C13H13IN2O2S. The van der Waals surface area contributed by atoms with Crippen molar-refractivity contribution < 1.29 is 4.92 Å². The highest BCUT2D eigenvalue weighted by molar-refractivity contribution is 14.1. The molecule has 0 bridgehead atoms. The summed E-state index contributed by atoms with van der Waals surface area (Å²) in [6.45, 7) is 2.13. The van der Waals surface area contributed by atoms with Gasteiger partial charge in [-0.1, -0.05) is 6.07 Å². The van der Waals surface area contributed by atoms with Gasteiger partial charge < -0.3 is 4.90 Å². The van der Waals surface area contributed by atoms with E-state index in [-0.39, 0.29) is 16.7 Å². The van der Waals surface area contributed by atoms with Crippen LogP contribution < -0.4 is 4.90 Å². The molecule has 19 heavy (non-hydrogen) atoms. The standard InChI is InChI=1S/C13H13IN2O2S/c1-9(13-4-3-7-19-13)15(2)10-5-6-12(16(17)18)11(14)8-10/h3-9H,1-2H3. The molecule has 0 saturated heterocycles. The van der Waals surface area contributed by atoms with Crippen LogP contribution in [0.3, 0.4) is 0 Å². The Morgan fingerprint density at radius 1 is 1.42 bits per heavy atom. The van der Waals surface area contributed by atoms with E-state index in [1.54, 1.807) is 23.5 Å². The van der Waals surface area contributed by atoms with Crippen LogP contribution in [0.15, 0.2) is 35.7 Å². The molecule has 0 aliphatic rings. The van der Waals surface area contributed by atoms with E-state index in [0.717, 1.165) is 5.69 Å². The fraction of sp³-hybridized carbons (Fsp3) is 0.231. The van der Waals surface area contributed by atoms with Gasteiger partial charge in [0, 0.05) is 23.7 Å². The number of hydrogen-bond acceptors (Lipinski definition) is 4. The molecule has 1 unspecified atom stereocenters. The summed E-state index contributed by atoms with van der Waals surface area (Å²) in [4.78, 5) is 13.9. The van der Waals surface area contributed by atoms with E-state index in [9.17, 15) is 10.1 Å². The van der Waals surface area contributed by atoms with Crippen molar-refractivity contribution in [3.8, 4) is 0 Å². The van der Waals surface area contributed by atoms with Crippen LogP contribution in [0.25, 0.3) is 0 Å². The summed E-state index contributed by atoms with van der Waals surface area (Å²) in [5.74, 6) is 0. The summed E-state index contributed by atoms with van der Waals surface area (Å²) in [6, 6.07) is 9.59. The summed E-state index contributed by atoms with van der Waals surface area (Å²) in [5, 5.41) is 12.9. The Morgan fingerprint density at radius 3 is 2.68 bits per heavy atom. The molecule has 2 aromatic rings. The Labute approximate surface area is 129 Å². The number of thiophene rings is 1. The first-order valence-corrected chi connectivity index (χ1v) is 7.66. The molecule has 1 atom stereocenters.